The van der Waals surface area contributed by atoms with Crippen LogP contribution in [0, 0.1) is 11.3 Å². The summed E-state index contributed by atoms with van der Waals surface area (Å²) in [7, 11) is 0. The Labute approximate surface area is 108 Å². The highest BCUT2D eigenvalue weighted by Crippen LogP contribution is 2.37. The zero-order chi connectivity index (χ0) is 13.5. The number of nitrogens with zero attached hydrogens (tertiary/aromatic N) is 5. The number of anilines is 1. The quantitative estimate of drug-likeness (QED) is 0.777. The number of aliphatic hydroxyl groups excluding tert-OH is 1. The van der Waals surface area contributed by atoms with E-state index in [0.717, 1.165) is 0 Å². The van der Waals surface area contributed by atoms with E-state index < -0.39 is 5.60 Å². The lowest BCUT2D eigenvalue weighted by Crippen LogP contribution is -2.31. The first kappa shape index (κ1) is 11.8. The number of hydrogen-bond acceptors (Lipinski definition) is 7. The van der Waals surface area contributed by atoms with Gasteiger partial charge in [-0.15, -0.1) is 0 Å². The highest BCUT2D eigenvalue weighted by Gasteiger charge is 2.41. The predicted molar refractivity (Wildman–Crippen MR) is 64.5 cm³/mol. The summed E-state index contributed by atoms with van der Waals surface area (Å²) in [6, 6.07) is 2.02. The molecule has 98 valence electrons. The van der Waals surface area contributed by atoms with Crippen LogP contribution in [-0.4, -0.2) is 36.8 Å². The fourth-order valence-electron chi connectivity index (χ4n) is 2.25. The van der Waals surface area contributed by atoms with Gasteiger partial charge in [0.05, 0.1) is 12.9 Å². The van der Waals surface area contributed by atoms with Gasteiger partial charge in [0.1, 0.15) is 24.1 Å². The number of aliphatic hydroxyl groups is 1. The number of hydrogen-bond donors (Lipinski definition) is 2. The van der Waals surface area contributed by atoms with Gasteiger partial charge >= 0.3 is 0 Å². The number of imidazole rings is 1. The molecule has 3 rings (SSSR count). The molecular formula is C11H12N6O2. The normalized spacial score (nSPS) is 26.6. The Morgan fingerprint density at radius 2 is 2.42 bits per heavy atom. The Morgan fingerprint density at radius 3 is 3.11 bits per heavy atom. The lowest BCUT2D eigenvalue weighted by molar-refractivity contribution is -0.0630. The summed E-state index contributed by atoms with van der Waals surface area (Å²) < 4.78 is 7.36. The van der Waals surface area contributed by atoms with Gasteiger partial charge in [-0.1, -0.05) is 0 Å². The van der Waals surface area contributed by atoms with Gasteiger partial charge in [-0.25, -0.2) is 15.0 Å². The molecule has 1 saturated heterocycles. The van der Waals surface area contributed by atoms with Crippen LogP contribution < -0.4 is 5.73 Å². The van der Waals surface area contributed by atoms with Crippen LogP contribution in [-0.2, 0) is 4.74 Å². The van der Waals surface area contributed by atoms with Crippen LogP contribution in [0.3, 0.4) is 0 Å². The van der Waals surface area contributed by atoms with E-state index >= 15 is 0 Å². The lowest BCUT2D eigenvalue weighted by Gasteiger charge is -2.19. The van der Waals surface area contributed by atoms with Crippen molar-refractivity contribution >= 4 is 17.0 Å². The van der Waals surface area contributed by atoms with Gasteiger partial charge in [-0.05, 0) is 12.8 Å². The molecule has 0 aliphatic carbocycles. The van der Waals surface area contributed by atoms with Crippen molar-refractivity contribution in [1.82, 2.24) is 19.5 Å². The zero-order valence-corrected chi connectivity index (χ0v) is 10.0. The van der Waals surface area contributed by atoms with Crippen molar-refractivity contribution in [3.63, 3.8) is 0 Å². The highest BCUT2D eigenvalue weighted by atomic mass is 16.5. The van der Waals surface area contributed by atoms with Crippen molar-refractivity contribution < 1.29 is 9.84 Å². The van der Waals surface area contributed by atoms with E-state index in [4.69, 9.17) is 15.7 Å². The Bertz CT molecular complexity index is 663. The Hall–Kier alpha value is -2.24. The molecular weight excluding hydrogens is 248 g/mol. The zero-order valence-electron chi connectivity index (χ0n) is 10.0. The van der Waals surface area contributed by atoms with Crippen LogP contribution in [0.4, 0.5) is 5.82 Å². The second-order valence-electron chi connectivity index (χ2n) is 4.46. The first-order valence-electron chi connectivity index (χ1n) is 5.82. The van der Waals surface area contributed by atoms with Crippen molar-refractivity contribution in [2.75, 3.05) is 12.3 Å². The molecule has 0 aromatic carbocycles. The van der Waals surface area contributed by atoms with Gasteiger partial charge < -0.3 is 15.6 Å². The second-order valence-corrected chi connectivity index (χ2v) is 4.46. The molecule has 8 nitrogen and oxygen atoms in total. The molecule has 1 fully saturated rings. The summed E-state index contributed by atoms with van der Waals surface area (Å²) in [5, 5.41) is 18.4. The summed E-state index contributed by atoms with van der Waals surface area (Å²) in [5.41, 5.74) is 5.64. The average molecular weight is 260 g/mol. The minimum Gasteiger partial charge on any atom is -0.392 e. The van der Waals surface area contributed by atoms with Crippen LogP contribution in [0.1, 0.15) is 19.1 Å². The SMILES string of the molecule is N#C[C@]1(CO)CC[C@H](n2cnc3c(N)ncnc32)O1. The summed E-state index contributed by atoms with van der Waals surface area (Å²) >= 11 is 0. The van der Waals surface area contributed by atoms with E-state index in [0.29, 0.717) is 29.8 Å². The third-order valence-corrected chi connectivity index (χ3v) is 3.31. The first-order valence-corrected chi connectivity index (χ1v) is 5.82. The average Bonchev–Trinajstić information content (AvgIpc) is 3.03. The lowest BCUT2D eigenvalue weighted by atomic mass is 10.0. The molecule has 3 heterocycles. The molecule has 0 bridgehead atoms. The minimum absolute atomic E-state index is 0.301. The third-order valence-electron chi connectivity index (χ3n) is 3.31. The molecule has 0 saturated carbocycles. The van der Waals surface area contributed by atoms with Gasteiger partial charge in [0.2, 0.25) is 0 Å². The number of nitrogen functional groups attached to an aromatic ring is 1. The molecule has 2 aromatic heterocycles. The van der Waals surface area contributed by atoms with E-state index in [9.17, 15) is 5.11 Å². The van der Waals surface area contributed by atoms with Crippen molar-refractivity contribution in [2.45, 2.75) is 24.7 Å². The van der Waals surface area contributed by atoms with Crippen LogP contribution >= 0.6 is 0 Å². The number of nitriles is 1. The van der Waals surface area contributed by atoms with Crippen molar-refractivity contribution in [2.24, 2.45) is 0 Å². The summed E-state index contributed by atoms with van der Waals surface area (Å²) in [5.74, 6) is 0.301. The predicted octanol–water partition coefficient (Wildman–Crippen LogP) is -0.0278. The minimum atomic E-state index is -1.14. The van der Waals surface area contributed by atoms with Crippen LogP contribution in [0.2, 0.25) is 0 Å². The van der Waals surface area contributed by atoms with Crippen molar-refractivity contribution in [1.29, 1.82) is 5.26 Å². The number of fused-ring (bicyclic) bond motifs is 1. The molecule has 3 N–H and O–H groups in total. The smallest absolute Gasteiger partial charge is 0.179 e. The van der Waals surface area contributed by atoms with Gasteiger partial charge in [-0.3, -0.25) is 4.57 Å². The van der Waals surface area contributed by atoms with Crippen molar-refractivity contribution in [3.8, 4) is 6.07 Å². The Morgan fingerprint density at radius 1 is 1.58 bits per heavy atom. The summed E-state index contributed by atoms with van der Waals surface area (Å²) in [6.07, 6.45) is 3.60. The summed E-state index contributed by atoms with van der Waals surface area (Å²) in [6.45, 7) is -0.330. The van der Waals surface area contributed by atoms with Crippen LogP contribution in [0.5, 0.6) is 0 Å². The number of rotatable bonds is 2. The van der Waals surface area contributed by atoms with E-state index in [1.807, 2.05) is 6.07 Å². The number of ether oxygens (including phenoxy) is 1. The van der Waals surface area contributed by atoms with Crippen molar-refractivity contribution in [3.05, 3.63) is 12.7 Å². The number of nitrogens with two attached hydrogens (primary N) is 1. The van der Waals surface area contributed by atoms with E-state index in [-0.39, 0.29) is 12.8 Å². The third kappa shape index (κ3) is 1.71. The maximum atomic E-state index is 9.27. The van der Waals surface area contributed by atoms with Gasteiger partial charge in [0.15, 0.2) is 17.1 Å². The maximum Gasteiger partial charge on any atom is 0.179 e. The first-order chi connectivity index (χ1) is 9.19. The molecule has 19 heavy (non-hydrogen) atoms. The standard InChI is InChI=1S/C11H12N6O2/c12-3-11(4-18)2-1-7(19-11)17-6-16-8-9(13)14-5-15-10(8)17/h5-7,18H,1-2,4H2,(H2,13,14,15)/t7-,11+/m1/s1. The van der Waals surface area contributed by atoms with Gasteiger partial charge in [-0.2, -0.15) is 5.26 Å². The fourth-order valence-corrected chi connectivity index (χ4v) is 2.25. The Kier molecular flexibility index (Phi) is 2.58. The Balaban J connectivity index is 1.99. The second kappa shape index (κ2) is 4.15. The largest absolute Gasteiger partial charge is 0.392 e. The molecule has 1 aliphatic rings. The maximum absolute atomic E-state index is 9.27. The summed E-state index contributed by atoms with van der Waals surface area (Å²) in [4.78, 5) is 12.1. The van der Waals surface area contributed by atoms with Gasteiger partial charge in [0, 0.05) is 0 Å². The van der Waals surface area contributed by atoms with E-state index in [2.05, 4.69) is 15.0 Å². The number of aromatic nitrogens is 4. The van der Waals surface area contributed by atoms with Gasteiger partial charge in [0.25, 0.3) is 0 Å². The monoisotopic (exact) mass is 260 g/mol. The van der Waals surface area contributed by atoms with E-state index in [1.54, 1.807) is 10.9 Å². The highest BCUT2D eigenvalue weighted by molar-refractivity contribution is 5.81. The molecule has 2 aromatic rings. The molecule has 2 atom stereocenters. The topological polar surface area (TPSA) is 123 Å². The molecule has 8 heteroatoms. The van der Waals surface area contributed by atoms with Crippen LogP contribution in [0.15, 0.2) is 12.7 Å². The molecule has 0 radical (unpaired) electrons. The molecule has 0 spiro atoms. The van der Waals surface area contributed by atoms with E-state index in [1.165, 1.54) is 6.33 Å². The molecule has 0 unspecified atom stereocenters. The molecule has 1 aliphatic heterocycles. The van der Waals surface area contributed by atoms with Crippen LogP contribution in [0.25, 0.3) is 11.2 Å². The fraction of sp³-hybridized carbons (Fsp3) is 0.455. The molecule has 0 amide bonds.